The Kier molecular flexibility index (Phi) is 3.53. The van der Waals surface area contributed by atoms with Gasteiger partial charge in [-0.1, -0.05) is 0 Å². The highest BCUT2D eigenvalue weighted by Crippen LogP contribution is 2.20. The molecule has 1 fully saturated rings. The third-order valence-corrected chi connectivity index (χ3v) is 2.84. The molecule has 0 radical (unpaired) electrons. The third kappa shape index (κ3) is 2.91. The Morgan fingerprint density at radius 1 is 1.71 bits per heavy atom. The molecule has 1 unspecified atom stereocenters. The van der Waals surface area contributed by atoms with Crippen molar-refractivity contribution in [1.29, 1.82) is 0 Å². The standard InChI is InChI=1S/C11H15N3O3/c1-8-4-10(14(15)16)6-13-11(8)17-7-9-2-3-12-5-9/h4,6,9,12H,2-3,5,7H2,1H3. The Morgan fingerprint density at radius 3 is 3.12 bits per heavy atom. The third-order valence-electron chi connectivity index (χ3n) is 2.84. The molecule has 1 aromatic rings. The molecule has 6 heteroatoms. The summed E-state index contributed by atoms with van der Waals surface area (Å²) in [5.74, 6) is 0.994. The summed E-state index contributed by atoms with van der Waals surface area (Å²) < 4.78 is 5.58. The molecule has 2 rings (SSSR count). The van der Waals surface area contributed by atoms with Gasteiger partial charge in [0.25, 0.3) is 5.69 Å². The van der Waals surface area contributed by atoms with Gasteiger partial charge in [-0.15, -0.1) is 0 Å². The maximum absolute atomic E-state index is 10.5. The van der Waals surface area contributed by atoms with E-state index >= 15 is 0 Å². The Bertz CT molecular complexity index is 416. The molecule has 1 saturated heterocycles. The van der Waals surface area contributed by atoms with Crippen LogP contribution in [0.5, 0.6) is 5.88 Å². The zero-order valence-electron chi connectivity index (χ0n) is 9.68. The van der Waals surface area contributed by atoms with Crippen LogP contribution in [-0.2, 0) is 0 Å². The molecular formula is C11H15N3O3. The Hall–Kier alpha value is -1.69. The molecular weight excluding hydrogens is 222 g/mol. The first kappa shape index (κ1) is 11.8. The Labute approximate surface area is 99.2 Å². The molecule has 1 aliphatic heterocycles. The number of nitrogens with one attached hydrogen (secondary N) is 1. The molecule has 6 nitrogen and oxygen atoms in total. The molecule has 0 aliphatic carbocycles. The largest absolute Gasteiger partial charge is 0.477 e. The predicted molar refractivity (Wildman–Crippen MR) is 62.1 cm³/mol. The Morgan fingerprint density at radius 2 is 2.53 bits per heavy atom. The van der Waals surface area contributed by atoms with Gasteiger partial charge < -0.3 is 10.1 Å². The second kappa shape index (κ2) is 5.09. The lowest BCUT2D eigenvalue weighted by Gasteiger charge is -2.11. The lowest BCUT2D eigenvalue weighted by molar-refractivity contribution is -0.385. The van der Waals surface area contributed by atoms with Crippen molar-refractivity contribution in [3.05, 3.63) is 27.9 Å². The number of aryl methyl sites for hydroxylation is 1. The molecule has 0 saturated carbocycles. The van der Waals surface area contributed by atoms with E-state index in [1.807, 2.05) is 0 Å². The average molecular weight is 237 g/mol. The number of hydrogen-bond acceptors (Lipinski definition) is 5. The first-order chi connectivity index (χ1) is 8.16. The predicted octanol–water partition coefficient (Wildman–Crippen LogP) is 1.29. The van der Waals surface area contributed by atoms with Crippen molar-refractivity contribution in [2.45, 2.75) is 13.3 Å². The summed E-state index contributed by atoms with van der Waals surface area (Å²) >= 11 is 0. The summed E-state index contributed by atoms with van der Waals surface area (Å²) in [6.07, 6.45) is 2.33. The highest BCUT2D eigenvalue weighted by atomic mass is 16.6. The van der Waals surface area contributed by atoms with E-state index in [4.69, 9.17) is 4.74 Å². The SMILES string of the molecule is Cc1cc([N+](=O)[O-])cnc1OCC1CCNC1. The van der Waals surface area contributed by atoms with Crippen LogP contribution in [0.4, 0.5) is 5.69 Å². The van der Waals surface area contributed by atoms with Crippen LogP contribution in [0.3, 0.4) is 0 Å². The van der Waals surface area contributed by atoms with Crippen molar-refractivity contribution in [3.63, 3.8) is 0 Å². The van der Waals surface area contributed by atoms with Crippen LogP contribution >= 0.6 is 0 Å². The van der Waals surface area contributed by atoms with E-state index in [9.17, 15) is 10.1 Å². The van der Waals surface area contributed by atoms with Gasteiger partial charge in [-0.05, 0) is 19.9 Å². The van der Waals surface area contributed by atoms with Crippen LogP contribution in [0.25, 0.3) is 0 Å². The lowest BCUT2D eigenvalue weighted by atomic mass is 10.1. The molecule has 2 heterocycles. The fraction of sp³-hybridized carbons (Fsp3) is 0.545. The summed E-state index contributed by atoms with van der Waals surface area (Å²) in [6.45, 7) is 4.37. The highest BCUT2D eigenvalue weighted by Gasteiger charge is 2.16. The van der Waals surface area contributed by atoms with Crippen LogP contribution in [0, 0.1) is 23.0 Å². The minimum Gasteiger partial charge on any atom is -0.477 e. The maximum Gasteiger partial charge on any atom is 0.288 e. The van der Waals surface area contributed by atoms with Crippen LogP contribution in [-0.4, -0.2) is 29.6 Å². The maximum atomic E-state index is 10.5. The van der Waals surface area contributed by atoms with E-state index in [1.165, 1.54) is 12.3 Å². The monoisotopic (exact) mass is 237 g/mol. The summed E-state index contributed by atoms with van der Waals surface area (Å²) in [6, 6.07) is 1.48. The molecule has 92 valence electrons. The van der Waals surface area contributed by atoms with E-state index in [2.05, 4.69) is 10.3 Å². The van der Waals surface area contributed by atoms with Gasteiger partial charge in [0.15, 0.2) is 0 Å². The number of ether oxygens (including phenoxy) is 1. The van der Waals surface area contributed by atoms with Crippen molar-refractivity contribution in [2.75, 3.05) is 19.7 Å². The second-order valence-electron chi connectivity index (χ2n) is 4.24. The summed E-state index contributed by atoms with van der Waals surface area (Å²) in [5.41, 5.74) is 0.697. The first-order valence-electron chi connectivity index (χ1n) is 5.61. The molecule has 0 spiro atoms. The summed E-state index contributed by atoms with van der Waals surface area (Å²) in [7, 11) is 0. The molecule has 17 heavy (non-hydrogen) atoms. The van der Waals surface area contributed by atoms with Gasteiger partial charge >= 0.3 is 0 Å². The molecule has 0 aromatic carbocycles. The summed E-state index contributed by atoms with van der Waals surface area (Å²) in [5, 5.41) is 13.8. The minimum absolute atomic E-state index is 0.00242. The van der Waals surface area contributed by atoms with Crippen LogP contribution < -0.4 is 10.1 Å². The van der Waals surface area contributed by atoms with Crippen molar-refractivity contribution >= 4 is 5.69 Å². The van der Waals surface area contributed by atoms with Gasteiger partial charge in [0.05, 0.1) is 11.5 Å². The van der Waals surface area contributed by atoms with Crippen LogP contribution in [0.2, 0.25) is 0 Å². The number of hydrogen-bond donors (Lipinski definition) is 1. The van der Waals surface area contributed by atoms with Gasteiger partial charge in [-0.2, -0.15) is 0 Å². The van der Waals surface area contributed by atoms with E-state index < -0.39 is 4.92 Å². The normalized spacial score (nSPS) is 19.2. The molecule has 1 N–H and O–H groups in total. The highest BCUT2D eigenvalue weighted by molar-refractivity contribution is 5.36. The molecule has 1 aliphatic rings. The number of aromatic nitrogens is 1. The topological polar surface area (TPSA) is 77.3 Å². The second-order valence-corrected chi connectivity index (χ2v) is 4.24. The van der Waals surface area contributed by atoms with Gasteiger partial charge in [-0.25, -0.2) is 4.98 Å². The molecule has 0 bridgehead atoms. The van der Waals surface area contributed by atoms with Crippen molar-refractivity contribution in [2.24, 2.45) is 5.92 Å². The number of nitrogens with zero attached hydrogens (tertiary/aromatic N) is 2. The molecule has 1 aromatic heterocycles. The van der Waals surface area contributed by atoms with Crippen molar-refractivity contribution < 1.29 is 9.66 Å². The van der Waals surface area contributed by atoms with Gasteiger partial charge in [-0.3, -0.25) is 10.1 Å². The molecule has 0 amide bonds. The van der Waals surface area contributed by atoms with E-state index in [1.54, 1.807) is 6.92 Å². The fourth-order valence-corrected chi connectivity index (χ4v) is 1.85. The Balaban J connectivity index is 1.98. The smallest absolute Gasteiger partial charge is 0.288 e. The zero-order valence-corrected chi connectivity index (χ0v) is 9.68. The number of nitro groups is 1. The van der Waals surface area contributed by atoms with Gasteiger partial charge in [0, 0.05) is 24.1 Å². The van der Waals surface area contributed by atoms with Gasteiger partial charge in [0.1, 0.15) is 6.20 Å². The van der Waals surface area contributed by atoms with Crippen molar-refractivity contribution in [1.82, 2.24) is 10.3 Å². The van der Waals surface area contributed by atoms with E-state index in [-0.39, 0.29) is 5.69 Å². The first-order valence-corrected chi connectivity index (χ1v) is 5.61. The van der Waals surface area contributed by atoms with Gasteiger partial charge in [0.2, 0.25) is 5.88 Å². The average Bonchev–Trinajstić information content (AvgIpc) is 2.80. The van der Waals surface area contributed by atoms with Crippen molar-refractivity contribution in [3.8, 4) is 5.88 Å². The van der Waals surface area contributed by atoms with E-state index in [0.717, 1.165) is 19.5 Å². The van der Waals surface area contributed by atoms with E-state index in [0.29, 0.717) is 24.0 Å². The fourth-order valence-electron chi connectivity index (χ4n) is 1.85. The number of pyridine rings is 1. The summed E-state index contributed by atoms with van der Waals surface area (Å²) in [4.78, 5) is 14.1. The van der Waals surface area contributed by atoms with Crippen LogP contribution in [0.1, 0.15) is 12.0 Å². The minimum atomic E-state index is -0.454. The quantitative estimate of drug-likeness (QED) is 0.630. The zero-order chi connectivity index (χ0) is 12.3. The molecule has 1 atom stereocenters. The number of rotatable bonds is 4. The lowest BCUT2D eigenvalue weighted by Crippen LogP contribution is -2.16. The van der Waals surface area contributed by atoms with Crippen LogP contribution in [0.15, 0.2) is 12.3 Å².